The van der Waals surface area contributed by atoms with Crippen molar-refractivity contribution in [3.8, 4) is 6.07 Å². The summed E-state index contributed by atoms with van der Waals surface area (Å²) in [5.74, 6) is 0.943. The second-order valence-electron chi connectivity index (χ2n) is 6.13. The monoisotopic (exact) mass is 249 g/mol. The van der Waals surface area contributed by atoms with E-state index < -0.39 is 0 Å². The molecule has 0 aromatic heterocycles. The second-order valence-corrected chi connectivity index (χ2v) is 6.13. The molecule has 1 atom stereocenters. The van der Waals surface area contributed by atoms with Crippen molar-refractivity contribution >= 4 is 0 Å². The Hall–Kier alpha value is -0.590. The normalized spacial score (nSPS) is 27.3. The van der Waals surface area contributed by atoms with Crippen LogP contribution in [0, 0.1) is 17.2 Å². The first-order valence-electron chi connectivity index (χ1n) is 7.59. The summed E-state index contributed by atoms with van der Waals surface area (Å²) in [6.07, 6.45) is 9.77. The Morgan fingerprint density at radius 1 is 1.17 bits per heavy atom. The van der Waals surface area contributed by atoms with Gasteiger partial charge in [-0.05, 0) is 45.2 Å². The second kappa shape index (κ2) is 7.11. The van der Waals surface area contributed by atoms with Crippen LogP contribution in [0.5, 0.6) is 0 Å². The van der Waals surface area contributed by atoms with Crippen LogP contribution >= 0.6 is 0 Å². The molecular formula is C15H27N3. The molecule has 3 nitrogen and oxygen atoms in total. The highest BCUT2D eigenvalue weighted by Crippen LogP contribution is 2.26. The zero-order chi connectivity index (χ0) is 12.8. The summed E-state index contributed by atoms with van der Waals surface area (Å²) in [6.45, 7) is 4.32. The van der Waals surface area contributed by atoms with Gasteiger partial charge in [-0.25, -0.2) is 0 Å². The van der Waals surface area contributed by atoms with E-state index in [0.29, 0.717) is 12.6 Å². The van der Waals surface area contributed by atoms with E-state index in [-0.39, 0.29) is 0 Å². The van der Waals surface area contributed by atoms with Crippen LogP contribution in [0.25, 0.3) is 0 Å². The standard InChI is InChI=1S/C15H27N3/c1-17(11-9-16)15-8-5-10-18(13-15)12-14-6-3-2-4-7-14/h14-15H,2-8,10-13H2,1H3. The quantitative estimate of drug-likeness (QED) is 0.717. The van der Waals surface area contributed by atoms with E-state index in [9.17, 15) is 0 Å². The number of nitriles is 1. The molecule has 102 valence electrons. The van der Waals surface area contributed by atoms with Crippen LogP contribution in [-0.4, -0.2) is 49.1 Å². The van der Waals surface area contributed by atoms with Crippen molar-refractivity contribution in [3.63, 3.8) is 0 Å². The predicted octanol–water partition coefficient (Wildman–Crippen LogP) is 2.49. The molecule has 1 unspecified atom stereocenters. The average molecular weight is 249 g/mol. The number of likely N-dealkylation sites (N-methyl/N-ethyl adjacent to an activating group) is 1. The summed E-state index contributed by atoms with van der Waals surface area (Å²) < 4.78 is 0. The van der Waals surface area contributed by atoms with Gasteiger partial charge in [0.05, 0.1) is 12.6 Å². The number of hydrogen-bond acceptors (Lipinski definition) is 3. The van der Waals surface area contributed by atoms with Gasteiger partial charge in [0.2, 0.25) is 0 Å². The Morgan fingerprint density at radius 2 is 1.94 bits per heavy atom. The molecule has 1 aliphatic heterocycles. The SMILES string of the molecule is CN(CC#N)C1CCCN(CC2CCCCC2)C1. The fourth-order valence-electron chi connectivity index (χ4n) is 3.53. The van der Waals surface area contributed by atoms with Gasteiger partial charge in [0.15, 0.2) is 0 Å². The Morgan fingerprint density at radius 3 is 2.67 bits per heavy atom. The summed E-state index contributed by atoms with van der Waals surface area (Å²) in [5.41, 5.74) is 0. The number of hydrogen-bond donors (Lipinski definition) is 0. The third-order valence-electron chi connectivity index (χ3n) is 4.67. The van der Waals surface area contributed by atoms with Crippen molar-refractivity contribution in [1.82, 2.24) is 9.80 Å². The average Bonchev–Trinajstić information content (AvgIpc) is 2.40. The largest absolute Gasteiger partial charge is 0.302 e. The molecule has 2 fully saturated rings. The summed E-state index contributed by atoms with van der Waals surface area (Å²) >= 11 is 0. The molecule has 0 aromatic carbocycles. The molecular weight excluding hydrogens is 222 g/mol. The summed E-state index contributed by atoms with van der Waals surface area (Å²) in [7, 11) is 2.10. The van der Waals surface area contributed by atoms with E-state index in [0.717, 1.165) is 5.92 Å². The predicted molar refractivity (Wildman–Crippen MR) is 74.3 cm³/mol. The maximum Gasteiger partial charge on any atom is 0.0866 e. The third kappa shape index (κ3) is 3.96. The lowest BCUT2D eigenvalue weighted by Gasteiger charge is -2.39. The number of rotatable bonds is 4. The lowest BCUT2D eigenvalue weighted by molar-refractivity contribution is 0.104. The molecule has 0 bridgehead atoms. The maximum atomic E-state index is 8.79. The van der Waals surface area contributed by atoms with Gasteiger partial charge in [-0.2, -0.15) is 5.26 Å². The molecule has 0 aromatic rings. The molecule has 1 saturated heterocycles. The van der Waals surface area contributed by atoms with Gasteiger partial charge >= 0.3 is 0 Å². The molecule has 1 aliphatic carbocycles. The maximum absolute atomic E-state index is 8.79. The van der Waals surface area contributed by atoms with Crippen molar-refractivity contribution in [2.75, 3.05) is 33.2 Å². The number of likely N-dealkylation sites (tertiary alicyclic amines) is 1. The van der Waals surface area contributed by atoms with Crippen LogP contribution in [0.1, 0.15) is 44.9 Å². The minimum Gasteiger partial charge on any atom is -0.302 e. The smallest absolute Gasteiger partial charge is 0.0866 e. The molecule has 3 heteroatoms. The number of nitrogens with zero attached hydrogens (tertiary/aromatic N) is 3. The van der Waals surface area contributed by atoms with E-state index in [1.165, 1.54) is 64.6 Å². The molecule has 1 heterocycles. The molecule has 18 heavy (non-hydrogen) atoms. The zero-order valence-corrected chi connectivity index (χ0v) is 11.8. The van der Waals surface area contributed by atoms with Gasteiger partial charge in [0.25, 0.3) is 0 Å². The van der Waals surface area contributed by atoms with Crippen LogP contribution in [0.3, 0.4) is 0 Å². The van der Waals surface area contributed by atoms with Gasteiger partial charge in [0, 0.05) is 19.1 Å². The summed E-state index contributed by atoms with van der Waals surface area (Å²) in [6, 6.07) is 2.87. The van der Waals surface area contributed by atoms with Crippen molar-refractivity contribution in [2.45, 2.75) is 51.0 Å². The molecule has 2 rings (SSSR count). The first-order valence-corrected chi connectivity index (χ1v) is 7.59. The van der Waals surface area contributed by atoms with E-state index in [2.05, 4.69) is 22.9 Å². The highest BCUT2D eigenvalue weighted by atomic mass is 15.2. The van der Waals surface area contributed by atoms with Crippen LogP contribution in [-0.2, 0) is 0 Å². The van der Waals surface area contributed by atoms with E-state index in [4.69, 9.17) is 5.26 Å². The molecule has 0 N–H and O–H groups in total. The Bertz CT molecular complexity index is 278. The zero-order valence-electron chi connectivity index (χ0n) is 11.8. The van der Waals surface area contributed by atoms with E-state index in [1.807, 2.05) is 0 Å². The molecule has 1 saturated carbocycles. The molecule has 0 spiro atoms. The van der Waals surface area contributed by atoms with Gasteiger partial charge in [-0.3, -0.25) is 4.90 Å². The Balaban J connectivity index is 1.77. The Kier molecular flexibility index (Phi) is 5.46. The Labute approximate surface area is 112 Å². The van der Waals surface area contributed by atoms with Crippen molar-refractivity contribution < 1.29 is 0 Å². The van der Waals surface area contributed by atoms with Gasteiger partial charge in [-0.15, -0.1) is 0 Å². The van der Waals surface area contributed by atoms with Crippen LogP contribution in [0.2, 0.25) is 0 Å². The van der Waals surface area contributed by atoms with E-state index in [1.54, 1.807) is 0 Å². The lowest BCUT2D eigenvalue weighted by atomic mass is 9.88. The van der Waals surface area contributed by atoms with E-state index >= 15 is 0 Å². The van der Waals surface area contributed by atoms with Gasteiger partial charge < -0.3 is 4.90 Å². The summed E-state index contributed by atoms with van der Waals surface area (Å²) in [5, 5.41) is 8.79. The molecule has 2 aliphatic rings. The molecule has 0 radical (unpaired) electrons. The first-order chi connectivity index (χ1) is 8.79. The fraction of sp³-hybridized carbons (Fsp3) is 0.933. The highest BCUT2D eigenvalue weighted by molar-refractivity contribution is 4.85. The van der Waals surface area contributed by atoms with Crippen molar-refractivity contribution in [2.24, 2.45) is 5.92 Å². The van der Waals surface area contributed by atoms with Crippen LogP contribution in [0.4, 0.5) is 0 Å². The van der Waals surface area contributed by atoms with Crippen molar-refractivity contribution in [1.29, 1.82) is 5.26 Å². The van der Waals surface area contributed by atoms with Crippen molar-refractivity contribution in [3.05, 3.63) is 0 Å². The first kappa shape index (κ1) is 13.8. The number of piperidine rings is 1. The van der Waals surface area contributed by atoms with Gasteiger partial charge in [0.1, 0.15) is 0 Å². The highest BCUT2D eigenvalue weighted by Gasteiger charge is 2.25. The lowest BCUT2D eigenvalue weighted by Crippen LogP contribution is -2.47. The minimum atomic E-state index is 0.571. The summed E-state index contributed by atoms with van der Waals surface area (Å²) in [4.78, 5) is 4.88. The van der Waals surface area contributed by atoms with Crippen LogP contribution < -0.4 is 0 Å². The molecule has 0 amide bonds. The fourth-order valence-corrected chi connectivity index (χ4v) is 3.53. The van der Waals surface area contributed by atoms with Gasteiger partial charge in [-0.1, -0.05) is 19.3 Å². The topological polar surface area (TPSA) is 30.3 Å². The minimum absolute atomic E-state index is 0.571. The van der Waals surface area contributed by atoms with Crippen LogP contribution in [0.15, 0.2) is 0 Å². The third-order valence-corrected chi connectivity index (χ3v) is 4.67.